The summed E-state index contributed by atoms with van der Waals surface area (Å²) >= 11 is 0. The van der Waals surface area contributed by atoms with Gasteiger partial charge in [-0.25, -0.2) is 0 Å². The first-order chi connectivity index (χ1) is 7.70. The maximum atomic E-state index is 4.45. The molecule has 0 fully saturated rings. The predicted octanol–water partition coefficient (Wildman–Crippen LogP) is 4.21. The molecule has 0 aliphatic heterocycles. The number of aromatic nitrogens is 2. The third-order valence-electron chi connectivity index (χ3n) is 2.57. The summed E-state index contributed by atoms with van der Waals surface area (Å²) in [6.07, 6.45) is 2.11. The molecule has 0 aliphatic carbocycles. The minimum Gasteiger partial charge on any atom is -0.272 e. The van der Waals surface area contributed by atoms with E-state index in [1.165, 1.54) is 10.9 Å². The van der Waals surface area contributed by atoms with Crippen molar-refractivity contribution in [2.45, 2.75) is 47.1 Å². The van der Waals surface area contributed by atoms with Crippen molar-refractivity contribution in [3.63, 3.8) is 0 Å². The van der Waals surface area contributed by atoms with Crippen molar-refractivity contribution in [3.8, 4) is 0 Å². The van der Waals surface area contributed by atoms with Gasteiger partial charge in [0.1, 0.15) is 0 Å². The second-order valence-corrected chi connectivity index (χ2v) is 3.96. The average molecular weight is 218 g/mol. The molecule has 0 saturated heterocycles. The zero-order valence-electron chi connectivity index (χ0n) is 11.0. The molecule has 0 unspecified atom stereocenters. The molecule has 1 aromatic heterocycles. The second-order valence-electron chi connectivity index (χ2n) is 3.96. The summed E-state index contributed by atoms with van der Waals surface area (Å²) in [5.41, 5.74) is 2.48. The highest BCUT2D eigenvalue weighted by atomic mass is 15.3. The highest BCUT2D eigenvalue weighted by Gasteiger charge is 2.03. The van der Waals surface area contributed by atoms with Crippen LogP contribution in [0.5, 0.6) is 0 Å². The Balaban J connectivity index is 0.000000606. The van der Waals surface area contributed by atoms with E-state index in [4.69, 9.17) is 0 Å². The Morgan fingerprint density at radius 1 is 1.25 bits per heavy atom. The molecule has 0 saturated carbocycles. The molecular weight excluding hydrogens is 196 g/mol. The van der Waals surface area contributed by atoms with Gasteiger partial charge in [-0.1, -0.05) is 33.8 Å². The van der Waals surface area contributed by atoms with Gasteiger partial charge in [-0.15, -0.1) is 0 Å². The van der Waals surface area contributed by atoms with Gasteiger partial charge in [0.2, 0.25) is 0 Å². The van der Waals surface area contributed by atoms with E-state index < -0.39 is 0 Å². The molecule has 0 radical (unpaired) electrons. The number of benzene rings is 1. The Labute approximate surface area is 98.3 Å². The van der Waals surface area contributed by atoms with Crippen LogP contribution in [0.25, 0.3) is 10.9 Å². The SMILES string of the molecule is CC.CCn1cc2cc(C(C)C)ccc2n1. The molecule has 0 atom stereocenters. The summed E-state index contributed by atoms with van der Waals surface area (Å²) in [4.78, 5) is 0. The van der Waals surface area contributed by atoms with Crippen LogP contribution >= 0.6 is 0 Å². The summed E-state index contributed by atoms with van der Waals surface area (Å²) in [7, 11) is 0. The van der Waals surface area contributed by atoms with Gasteiger partial charge in [-0.2, -0.15) is 5.10 Å². The van der Waals surface area contributed by atoms with Crippen LogP contribution in [0.3, 0.4) is 0 Å². The number of hydrogen-bond acceptors (Lipinski definition) is 1. The monoisotopic (exact) mass is 218 g/mol. The number of aryl methyl sites for hydroxylation is 1. The first-order valence-electron chi connectivity index (χ1n) is 6.18. The lowest BCUT2D eigenvalue weighted by molar-refractivity contribution is 0.668. The summed E-state index contributed by atoms with van der Waals surface area (Å²) < 4.78 is 1.98. The third kappa shape index (κ3) is 2.63. The minimum absolute atomic E-state index is 0.587. The lowest BCUT2D eigenvalue weighted by atomic mass is 10.0. The Hall–Kier alpha value is -1.31. The van der Waals surface area contributed by atoms with Crippen molar-refractivity contribution < 1.29 is 0 Å². The van der Waals surface area contributed by atoms with Crippen molar-refractivity contribution in [1.82, 2.24) is 9.78 Å². The highest BCUT2D eigenvalue weighted by Crippen LogP contribution is 2.20. The first kappa shape index (κ1) is 12.8. The van der Waals surface area contributed by atoms with Gasteiger partial charge in [0.15, 0.2) is 0 Å². The third-order valence-corrected chi connectivity index (χ3v) is 2.57. The molecule has 0 N–H and O–H groups in total. The van der Waals surface area contributed by atoms with Gasteiger partial charge in [0, 0.05) is 18.1 Å². The molecule has 0 amide bonds. The summed E-state index contributed by atoms with van der Waals surface area (Å²) in [5, 5.41) is 5.70. The highest BCUT2D eigenvalue weighted by molar-refractivity contribution is 5.78. The van der Waals surface area contributed by atoms with Crippen LogP contribution in [0.4, 0.5) is 0 Å². The average Bonchev–Trinajstić information content (AvgIpc) is 2.73. The van der Waals surface area contributed by atoms with Crippen LogP contribution in [0, 0.1) is 0 Å². The maximum absolute atomic E-state index is 4.45. The molecule has 1 heterocycles. The lowest BCUT2D eigenvalue weighted by Gasteiger charge is -2.03. The molecule has 16 heavy (non-hydrogen) atoms. The van der Waals surface area contributed by atoms with Crippen molar-refractivity contribution in [2.75, 3.05) is 0 Å². The molecule has 2 aromatic rings. The molecule has 0 aliphatic rings. The second kappa shape index (κ2) is 5.69. The molecule has 2 nitrogen and oxygen atoms in total. The summed E-state index contributed by atoms with van der Waals surface area (Å²) in [6.45, 7) is 11.5. The van der Waals surface area contributed by atoms with E-state index in [0.29, 0.717) is 5.92 Å². The van der Waals surface area contributed by atoms with Crippen LogP contribution < -0.4 is 0 Å². The Morgan fingerprint density at radius 2 is 1.94 bits per heavy atom. The quantitative estimate of drug-likeness (QED) is 0.738. The Kier molecular flexibility index (Phi) is 4.53. The number of fused-ring (bicyclic) bond motifs is 1. The van der Waals surface area contributed by atoms with Gasteiger partial charge in [-0.05, 0) is 30.5 Å². The molecular formula is C14H22N2. The summed E-state index contributed by atoms with van der Waals surface area (Å²) in [5.74, 6) is 0.587. The van der Waals surface area contributed by atoms with Gasteiger partial charge in [-0.3, -0.25) is 4.68 Å². The van der Waals surface area contributed by atoms with Crippen LogP contribution in [-0.2, 0) is 6.54 Å². The fourth-order valence-corrected chi connectivity index (χ4v) is 1.62. The van der Waals surface area contributed by atoms with Crippen LogP contribution in [-0.4, -0.2) is 9.78 Å². The lowest BCUT2D eigenvalue weighted by Crippen LogP contribution is -1.92. The van der Waals surface area contributed by atoms with Gasteiger partial charge in [0.25, 0.3) is 0 Å². The van der Waals surface area contributed by atoms with Gasteiger partial charge in [0.05, 0.1) is 5.52 Å². The zero-order valence-corrected chi connectivity index (χ0v) is 11.0. The Bertz CT molecular complexity index is 441. The van der Waals surface area contributed by atoms with E-state index in [0.717, 1.165) is 12.1 Å². The maximum Gasteiger partial charge on any atom is 0.0923 e. The van der Waals surface area contributed by atoms with Gasteiger partial charge < -0.3 is 0 Å². The van der Waals surface area contributed by atoms with Crippen molar-refractivity contribution in [1.29, 1.82) is 0 Å². The van der Waals surface area contributed by atoms with Crippen molar-refractivity contribution in [3.05, 3.63) is 30.0 Å². The van der Waals surface area contributed by atoms with E-state index in [9.17, 15) is 0 Å². The fraction of sp³-hybridized carbons (Fsp3) is 0.500. The molecule has 0 spiro atoms. The fourth-order valence-electron chi connectivity index (χ4n) is 1.62. The van der Waals surface area contributed by atoms with Crippen LogP contribution in [0.2, 0.25) is 0 Å². The van der Waals surface area contributed by atoms with Crippen LogP contribution in [0.15, 0.2) is 24.4 Å². The number of rotatable bonds is 2. The normalized spacial score (nSPS) is 10.4. The first-order valence-corrected chi connectivity index (χ1v) is 6.18. The molecule has 2 heteroatoms. The largest absolute Gasteiger partial charge is 0.272 e. The number of nitrogens with zero attached hydrogens (tertiary/aromatic N) is 2. The standard InChI is InChI=1S/C12H16N2.C2H6/c1-4-14-8-11-7-10(9(2)3)5-6-12(11)13-14;1-2/h5-9H,4H2,1-3H3;1-2H3. The number of hydrogen-bond donors (Lipinski definition) is 0. The van der Waals surface area contributed by atoms with Crippen molar-refractivity contribution in [2.24, 2.45) is 0 Å². The topological polar surface area (TPSA) is 17.8 Å². The molecule has 88 valence electrons. The van der Waals surface area contributed by atoms with E-state index in [2.05, 4.69) is 50.3 Å². The minimum atomic E-state index is 0.587. The van der Waals surface area contributed by atoms with Crippen molar-refractivity contribution >= 4 is 10.9 Å². The predicted molar refractivity (Wildman–Crippen MR) is 70.8 cm³/mol. The molecule has 0 bridgehead atoms. The van der Waals surface area contributed by atoms with E-state index in [1.54, 1.807) is 0 Å². The smallest absolute Gasteiger partial charge is 0.0923 e. The Morgan fingerprint density at radius 3 is 2.50 bits per heavy atom. The molecule has 1 aromatic carbocycles. The van der Waals surface area contributed by atoms with Crippen LogP contribution in [0.1, 0.15) is 46.1 Å². The zero-order chi connectivity index (χ0) is 12.1. The van der Waals surface area contributed by atoms with Gasteiger partial charge >= 0.3 is 0 Å². The van der Waals surface area contributed by atoms with E-state index in [-0.39, 0.29) is 0 Å². The van der Waals surface area contributed by atoms with E-state index in [1.807, 2.05) is 18.5 Å². The van der Waals surface area contributed by atoms with E-state index >= 15 is 0 Å². The summed E-state index contributed by atoms with van der Waals surface area (Å²) in [6, 6.07) is 6.51. The molecule has 2 rings (SSSR count).